The Kier molecular flexibility index (Phi) is 3.25. The summed E-state index contributed by atoms with van der Waals surface area (Å²) in [6, 6.07) is 0. The van der Waals surface area contributed by atoms with Crippen molar-refractivity contribution in [3.05, 3.63) is 10.1 Å². The monoisotopic (exact) mass is 187 g/mol. The SMILES string of the molecule is CC(C)(CC1CCCCO1)[N+](=O)[O-]. The largest absolute Gasteiger partial charge is 0.378 e. The van der Waals surface area contributed by atoms with Crippen LogP contribution in [0.3, 0.4) is 0 Å². The Morgan fingerprint density at radius 3 is 2.69 bits per heavy atom. The fourth-order valence-corrected chi connectivity index (χ4v) is 1.60. The molecule has 0 N–H and O–H groups in total. The lowest BCUT2D eigenvalue weighted by atomic mass is 9.94. The first kappa shape index (κ1) is 10.4. The number of rotatable bonds is 3. The third-order valence-corrected chi connectivity index (χ3v) is 2.50. The third-order valence-electron chi connectivity index (χ3n) is 2.50. The molecule has 4 nitrogen and oxygen atoms in total. The lowest BCUT2D eigenvalue weighted by molar-refractivity contribution is -0.563. The molecule has 1 heterocycles. The van der Waals surface area contributed by atoms with Crippen molar-refractivity contribution in [2.75, 3.05) is 6.61 Å². The molecule has 0 radical (unpaired) electrons. The van der Waals surface area contributed by atoms with E-state index in [9.17, 15) is 10.1 Å². The van der Waals surface area contributed by atoms with E-state index < -0.39 is 5.54 Å². The summed E-state index contributed by atoms with van der Waals surface area (Å²) in [7, 11) is 0. The first-order valence-electron chi connectivity index (χ1n) is 4.78. The molecule has 4 heteroatoms. The van der Waals surface area contributed by atoms with Crippen molar-refractivity contribution in [2.24, 2.45) is 0 Å². The van der Waals surface area contributed by atoms with E-state index in [1.165, 1.54) is 0 Å². The average molecular weight is 187 g/mol. The van der Waals surface area contributed by atoms with Gasteiger partial charge in [0.15, 0.2) is 0 Å². The molecule has 76 valence electrons. The fraction of sp³-hybridized carbons (Fsp3) is 1.00. The second kappa shape index (κ2) is 4.05. The quantitative estimate of drug-likeness (QED) is 0.501. The molecule has 1 aliphatic heterocycles. The smallest absolute Gasteiger partial charge is 0.219 e. The summed E-state index contributed by atoms with van der Waals surface area (Å²) in [5.74, 6) is 0. The highest BCUT2D eigenvalue weighted by Gasteiger charge is 2.34. The van der Waals surface area contributed by atoms with Gasteiger partial charge in [-0.2, -0.15) is 0 Å². The van der Waals surface area contributed by atoms with Crippen molar-refractivity contribution >= 4 is 0 Å². The van der Waals surface area contributed by atoms with Gasteiger partial charge in [-0.25, -0.2) is 0 Å². The van der Waals surface area contributed by atoms with Gasteiger partial charge in [-0.3, -0.25) is 10.1 Å². The van der Waals surface area contributed by atoms with Crippen LogP contribution in [0.4, 0.5) is 0 Å². The molecule has 1 aliphatic rings. The third kappa shape index (κ3) is 2.95. The van der Waals surface area contributed by atoms with E-state index in [0.29, 0.717) is 6.42 Å². The second-order valence-corrected chi connectivity index (χ2v) is 4.26. The van der Waals surface area contributed by atoms with Gasteiger partial charge in [0.25, 0.3) is 0 Å². The number of nitrogens with zero attached hydrogens (tertiary/aromatic N) is 1. The van der Waals surface area contributed by atoms with Gasteiger partial charge in [0.2, 0.25) is 5.54 Å². The minimum atomic E-state index is -0.845. The molecular formula is C9H17NO3. The average Bonchev–Trinajstić information content (AvgIpc) is 2.05. The highest BCUT2D eigenvalue weighted by molar-refractivity contribution is 4.75. The van der Waals surface area contributed by atoms with Crippen LogP contribution >= 0.6 is 0 Å². The molecule has 0 spiro atoms. The van der Waals surface area contributed by atoms with E-state index in [0.717, 1.165) is 25.9 Å². The summed E-state index contributed by atoms with van der Waals surface area (Å²) in [6.07, 6.45) is 3.82. The first-order chi connectivity index (χ1) is 6.02. The maximum absolute atomic E-state index is 10.6. The van der Waals surface area contributed by atoms with Crippen LogP contribution in [0, 0.1) is 10.1 Å². The van der Waals surface area contributed by atoms with Gasteiger partial charge in [0.05, 0.1) is 6.10 Å². The standard InChI is InChI=1S/C9H17NO3/c1-9(2,10(11)12)7-8-5-3-4-6-13-8/h8H,3-7H2,1-2H3. The van der Waals surface area contributed by atoms with E-state index >= 15 is 0 Å². The van der Waals surface area contributed by atoms with Crippen LogP contribution in [0.2, 0.25) is 0 Å². The summed E-state index contributed by atoms with van der Waals surface area (Å²) in [5, 5.41) is 10.6. The number of hydrogen-bond donors (Lipinski definition) is 0. The van der Waals surface area contributed by atoms with Gasteiger partial charge < -0.3 is 4.74 Å². The number of ether oxygens (including phenoxy) is 1. The van der Waals surface area contributed by atoms with E-state index in [2.05, 4.69) is 0 Å². The lowest BCUT2D eigenvalue weighted by Crippen LogP contribution is -2.37. The highest BCUT2D eigenvalue weighted by atomic mass is 16.6. The van der Waals surface area contributed by atoms with Gasteiger partial charge in [-0.15, -0.1) is 0 Å². The van der Waals surface area contributed by atoms with Crippen LogP contribution in [0.5, 0.6) is 0 Å². The van der Waals surface area contributed by atoms with Gasteiger partial charge in [-0.1, -0.05) is 0 Å². The maximum atomic E-state index is 10.6. The normalized spacial score (nSPS) is 24.3. The van der Waals surface area contributed by atoms with Crippen molar-refractivity contribution < 1.29 is 9.66 Å². The van der Waals surface area contributed by atoms with Crippen LogP contribution in [0.15, 0.2) is 0 Å². The molecule has 1 rings (SSSR count). The molecule has 1 atom stereocenters. The Balaban J connectivity index is 2.41. The highest BCUT2D eigenvalue weighted by Crippen LogP contribution is 2.23. The predicted molar refractivity (Wildman–Crippen MR) is 49.3 cm³/mol. The summed E-state index contributed by atoms with van der Waals surface area (Å²) < 4.78 is 5.46. The molecule has 0 amide bonds. The van der Waals surface area contributed by atoms with E-state index in [4.69, 9.17) is 4.74 Å². The Morgan fingerprint density at radius 1 is 1.54 bits per heavy atom. The van der Waals surface area contributed by atoms with Crippen molar-refractivity contribution in [1.82, 2.24) is 0 Å². The molecule has 1 fully saturated rings. The Bertz CT molecular complexity index is 185. The van der Waals surface area contributed by atoms with Crippen LogP contribution in [-0.2, 0) is 4.74 Å². The van der Waals surface area contributed by atoms with Gasteiger partial charge >= 0.3 is 0 Å². The zero-order valence-electron chi connectivity index (χ0n) is 8.28. The molecular weight excluding hydrogens is 170 g/mol. The molecule has 0 aromatic carbocycles. The predicted octanol–water partition coefficient (Wildman–Crippen LogP) is 2.00. The molecule has 0 aliphatic carbocycles. The number of hydrogen-bond acceptors (Lipinski definition) is 3. The molecule has 0 saturated carbocycles. The van der Waals surface area contributed by atoms with E-state index in [1.807, 2.05) is 0 Å². The summed E-state index contributed by atoms with van der Waals surface area (Å²) in [6.45, 7) is 4.08. The van der Waals surface area contributed by atoms with Crippen LogP contribution in [0.1, 0.15) is 39.5 Å². The summed E-state index contributed by atoms with van der Waals surface area (Å²) >= 11 is 0. The zero-order valence-corrected chi connectivity index (χ0v) is 8.28. The van der Waals surface area contributed by atoms with Crippen LogP contribution in [-0.4, -0.2) is 23.2 Å². The molecule has 0 bridgehead atoms. The van der Waals surface area contributed by atoms with E-state index in [-0.39, 0.29) is 11.0 Å². The summed E-state index contributed by atoms with van der Waals surface area (Å²) in [5.41, 5.74) is -0.845. The molecule has 13 heavy (non-hydrogen) atoms. The molecule has 0 aromatic heterocycles. The van der Waals surface area contributed by atoms with Crippen molar-refractivity contribution in [3.8, 4) is 0 Å². The van der Waals surface area contributed by atoms with Gasteiger partial charge in [0.1, 0.15) is 0 Å². The van der Waals surface area contributed by atoms with Crippen molar-refractivity contribution in [1.29, 1.82) is 0 Å². The Hall–Kier alpha value is -0.640. The van der Waals surface area contributed by atoms with E-state index in [1.54, 1.807) is 13.8 Å². The summed E-state index contributed by atoms with van der Waals surface area (Å²) in [4.78, 5) is 10.4. The Morgan fingerprint density at radius 2 is 2.23 bits per heavy atom. The van der Waals surface area contributed by atoms with Gasteiger partial charge in [-0.05, 0) is 19.3 Å². The van der Waals surface area contributed by atoms with Crippen molar-refractivity contribution in [2.45, 2.75) is 51.2 Å². The van der Waals surface area contributed by atoms with Crippen LogP contribution in [0.25, 0.3) is 0 Å². The minimum absolute atomic E-state index is 0.0918. The molecule has 1 unspecified atom stereocenters. The first-order valence-corrected chi connectivity index (χ1v) is 4.78. The lowest BCUT2D eigenvalue weighted by Gasteiger charge is -2.26. The molecule has 0 aromatic rings. The topological polar surface area (TPSA) is 52.4 Å². The Labute approximate surface area is 78.4 Å². The number of nitro groups is 1. The minimum Gasteiger partial charge on any atom is -0.378 e. The molecule has 1 saturated heterocycles. The van der Waals surface area contributed by atoms with Crippen molar-refractivity contribution in [3.63, 3.8) is 0 Å². The fourth-order valence-electron chi connectivity index (χ4n) is 1.60. The van der Waals surface area contributed by atoms with Crippen LogP contribution < -0.4 is 0 Å². The zero-order chi connectivity index (χ0) is 9.90. The maximum Gasteiger partial charge on any atom is 0.219 e. The second-order valence-electron chi connectivity index (χ2n) is 4.26. The van der Waals surface area contributed by atoms with Gasteiger partial charge in [0, 0.05) is 31.8 Å².